The van der Waals surface area contributed by atoms with E-state index in [1.165, 1.54) is 0 Å². The third kappa shape index (κ3) is 4.15. The minimum Gasteiger partial charge on any atom is -0.393 e. The molecule has 8 heteroatoms. The second kappa shape index (κ2) is 5.53. The highest BCUT2D eigenvalue weighted by Crippen LogP contribution is 2.33. The third-order valence-electron chi connectivity index (χ3n) is 1.91. The van der Waals surface area contributed by atoms with Crippen molar-refractivity contribution < 1.29 is 18.0 Å². The molecule has 3 N–H and O–H groups in total. The van der Waals surface area contributed by atoms with Crippen LogP contribution >= 0.6 is 23.8 Å². The van der Waals surface area contributed by atoms with Crippen molar-refractivity contribution in [3.05, 3.63) is 28.8 Å². The van der Waals surface area contributed by atoms with E-state index < -0.39 is 17.6 Å². The lowest BCUT2D eigenvalue weighted by molar-refractivity contribution is -0.137. The number of carbonyl (C=O) groups excluding carboxylic acids is 1. The molecule has 0 atom stereocenters. The molecule has 18 heavy (non-hydrogen) atoms. The molecule has 0 aliphatic rings. The van der Waals surface area contributed by atoms with Crippen LogP contribution in [0.2, 0.25) is 5.02 Å². The molecule has 1 rings (SSSR count). The Labute approximate surface area is 111 Å². The summed E-state index contributed by atoms with van der Waals surface area (Å²) < 4.78 is 37.1. The van der Waals surface area contributed by atoms with Gasteiger partial charge in [-0.3, -0.25) is 4.79 Å². The van der Waals surface area contributed by atoms with E-state index in [4.69, 9.17) is 17.3 Å². The van der Waals surface area contributed by atoms with Crippen molar-refractivity contribution in [2.24, 2.45) is 5.73 Å². The number of benzene rings is 1. The van der Waals surface area contributed by atoms with E-state index in [1.54, 1.807) is 0 Å². The van der Waals surface area contributed by atoms with Gasteiger partial charge in [-0.15, -0.1) is 0 Å². The van der Waals surface area contributed by atoms with Crippen LogP contribution in [-0.2, 0) is 11.0 Å². The molecule has 0 spiro atoms. The molecule has 0 heterocycles. The van der Waals surface area contributed by atoms with E-state index in [0.717, 1.165) is 18.2 Å². The number of thiocarbonyl (C=S) groups is 1. The number of nitrogens with two attached hydrogens (primary N) is 1. The topological polar surface area (TPSA) is 55.1 Å². The zero-order valence-corrected chi connectivity index (χ0v) is 10.4. The molecular formula is C10H8ClF3N2OS. The predicted molar refractivity (Wildman–Crippen MR) is 66.5 cm³/mol. The summed E-state index contributed by atoms with van der Waals surface area (Å²) in [5.74, 6) is -0.538. The van der Waals surface area contributed by atoms with Gasteiger partial charge in [0.25, 0.3) is 0 Å². The van der Waals surface area contributed by atoms with Crippen LogP contribution in [0.15, 0.2) is 18.2 Å². The molecule has 1 aromatic carbocycles. The van der Waals surface area contributed by atoms with E-state index in [9.17, 15) is 18.0 Å². The highest BCUT2D eigenvalue weighted by molar-refractivity contribution is 7.80. The number of carbonyl (C=O) groups is 1. The molecule has 0 unspecified atom stereocenters. The van der Waals surface area contributed by atoms with Gasteiger partial charge in [0.2, 0.25) is 5.91 Å². The molecular weight excluding hydrogens is 289 g/mol. The summed E-state index contributed by atoms with van der Waals surface area (Å²) in [6.07, 6.45) is -4.68. The van der Waals surface area contributed by atoms with Crippen molar-refractivity contribution in [1.82, 2.24) is 0 Å². The van der Waals surface area contributed by atoms with Gasteiger partial charge in [0.15, 0.2) is 0 Å². The smallest absolute Gasteiger partial charge is 0.393 e. The number of hydrogen-bond acceptors (Lipinski definition) is 2. The molecule has 0 aliphatic carbocycles. The number of anilines is 1. The molecule has 0 saturated carbocycles. The summed E-state index contributed by atoms with van der Waals surface area (Å²) >= 11 is 10.2. The maximum atomic E-state index is 12.4. The minimum atomic E-state index is -4.48. The van der Waals surface area contributed by atoms with Crippen molar-refractivity contribution in [3.63, 3.8) is 0 Å². The van der Waals surface area contributed by atoms with Gasteiger partial charge in [-0.1, -0.05) is 23.8 Å². The molecule has 0 bridgehead atoms. The number of hydrogen-bond donors (Lipinski definition) is 2. The normalized spacial score (nSPS) is 11.1. The zero-order valence-electron chi connectivity index (χ0n) is 8.84. The highest BCUT2D eigenvalue weighted by atomic mass is 35.5. The molecule has 3 nitrogen and oxygen atoms in total. The minimum absolute atomic E-state index is 0.0180. The summed E-state index contributed by atoms with van der Waals surface area (Å²) in [5, 5.41) is 2.11. The van der Waals surface area contributed by atoms with Gasteiger partial charge in [0.1, 0.15) is 0 Å². The number of amides is 1. The molecule has 0 saturated heterocycles. The van der Waals surface area contributed by atoms with Crippen molar-refractivity contribution >= 4 is 40.4 Å². The van der Waals surface area contributed by atoms with E-state index in [0.29, 0.717) is 0 Å². The van der Waals surface area contributed by atoms with Crippen LogP contribution in [0.4, 0.5) is 18.9 Å². The van der Waals surface area contributed by atoms with Gasteiger partial charge in [-0.25, -0.2) is 0 Å². The molecule has 0 radical (unpaired) electrons. The zero-order chi connectivity index (χ0) is 13.9. The Kier molecular flexibility index (Phi) is 4.53. The summed E-state index contributed by atoms with van der Waals surface area (Å²) in [4.78, 5) is 11.3. The van der Waals surface area contributed by atoms with Crippen molar-refractivity contribution in [1.29, 1.82) is 0 Å². The van der Waals surface area contributed by atoms with Gasteiger partial charge in [-0.05, 0) is 18.2 Å². The van der Waals surface area contributed by atoms with Crippen LogP contribution in [0.3, 0.4) is 0 Å². The van der Waals surface area contributed by atoms with Gasteiger partial charge >= 0.3 is 6.18 Å². The van der Waals surface area contributed by atoms with Crippen LogP contribution in [0.25, 0.3) is 0 Å². The van der Waals surface area contributed by atoms with Crippen molar-refractivity contribution in [2.45, 2.75) is 12.6 Å². The summed E-state index contributed by atoms with van der Waals surface area (Å²) in [7, 11) is 0. The number of rotatable bonds is 3. The molecule has 98 valence electrons. The Morgan fingerprint density at radius 3 is 2.50 bits per heavy atom. The summed E-state index contributed by atoms with van der Waals surface area (Å²) in [6.45, 7) is 0. The first-order valence-corrected chi connectivity index (χ1v) is 5.43. The Hall–Kier alpha value is -1.34. The lowest BCUT2D eigenvalue weighted by atomic mass is 10.2. The lowest BCUT2D eigenvalue weighted by Gasteiger charge is -2.10. The van der Waals surface area contributed by atoms with E-state index in [-0.39, 0.29) is 22.1 Å². The second-order valence-corrected chi connectivity index (χ2v) is 4.32. The first-order chi connectivity index (χ1) is 8.20. The molecule has 1 aromatic rings. The first-order valence-electron chi connectivity index (χ1n) is 4.65. The fraction of sp³-hybridized carbons (Fsp3) is 0.200. The predicted octanol–water partition coefficient (Wildman–Crippen LogP) is 2.97. The molecule has 0 aromatic heterocycles. The SMILES string of the molecule is NC(=S)CC(=O)Nc1ccc(C(F)(F)F)cc1Cl. The standard InChI is InChI=1S/C10H8ClF3N2OS/c11-6-3-5(10(12,13)14)1-2-7(6)16-9(17)4-8(15)18/h1-3H,4H2,(H2,15,18)(H,16,17). The van der Waals surface area contributed by atoms with Gasteiger partial charge in [0, 0.05) is 0 Å². The van der Waals surface area contributed by atoms with Crippen molar-refractivity contribution in [2.75, 3.05) is 5.32 Å². The molecule has 0 fully saturated rings. The van der Waals surface area contributed by atoms with Gasteiger partial charge < -0.3 is 11.1 Å². The summed E-state index contributed by atoms with van der Waals surface area (Å²) in [5.41, 5.74) is 4.34. The summed E-state index contributed by atoms with van der Waals surface area (Å²) in [6, 6.07) is 2.63. The third-order valence-corrected chi connectivity index (χ3v) is 2.36. The lowest BCUT2D eigenvalue weighted by Crippen LogP contribution is -2.20. The largest absolute Gasteiger partial charge is 0.416 e. The average molecular weight is 297 g/mol. The van der Waals surface area contributed by atoms with E-state index in [1.807, 2.05) is 0 Å². The average Bonchev–Trinajstić information content (AvgIpc) is 2.18. The number of alkyl halides is 3. The Balaban J connectivity index is 2.87. The van der Waals surface area contributed by atoms with Gasteiger partial charge in [0.05, 0.1) is 27.7 Å². The van der Waals surface area contributed by atoms with Crippen LogP contribution < -0.4 is 11.1 Å². The van der Waals surface area contributed by atoms with Crippen LogP contribution in [0, 0.1) is 0 Å². The Morgan fingerprint density at radius 1 is 1.44 bits per heavy atom. The number of nitrogens with one attached hydrogen (secondary N) is 1. The van der Waals surface area contributed by atoms with Crippen LogP contribution in [0.1, 0.15) is 12.0 Å². The first kappa shape index (κ1) is 14.7. The molecule has 0 aliphatic heterocycles. The highest BCUT2D eigenvalue weighted by Gasteiger charge is 2.30. The van der Waals surface area contributed by atoms with E-state index in [2.05, 4.69) is 17.5 Å². The molecule has 1 amide bonds. The van der Waals surface area contributed by atoms with Gasteiger partial charge in [-0.2, -0.15) is 13.2 Å². The maximum absolute atomic E-state index is 12.4. The second-order valence-electron chi connectivity index (χ2n) is 3.38. The number of halogens is 4. The quantitative estimate of drug-likeness (QED) is 0.843. The fourth-order valence-electron chi connectivity index (χ4n) is 1.15. The monoisotopic (exact) mass is 296 g/mol. The van der Waals surface area contributed by atoms with E-state index >= 15 is 0 Å². The maximum Gasteiger partial charge on any atom is 0.416 e. The Bertz CT molecular complexity index is 491. The van der Waals surface area contributed by atoms with Crippen LogP contribution in [-0.4, -0.2) is 10.9 Å². The van der Waals surface area contributed by atoms with Crippen molar-refractivity contribution in [3.8, 4) is 0 Å². The fourth-order valence-corrected chi connectivity index (χ4v) is 1.50. The van der Waals surface area contributed by atoms with Crippen LogP contribution in [0.5, 0.6) is 0 Å². The Morgan fingerprint density at radius 2 is 2.06 bits per heavy atom.